The number of aromatic nitrogens is 1. The van der Waals surface area contributed by atoms with Crippen LogP contribution in [0.25, 0.3) is 0 Å². The topological polar surface area (TPSA) is 31.4 Å². The third-order valence-corrected chi connectivity index (χ3v) is 2.66. The van der Waals surface area contributed by atoms with Crippen molar-refractivity contribution >= 4 is 0 Å². The lowest BCUT2D eigenvalue weighted by Gasteiger charge is -2.24. The standard InChI is InChI=1S/C13H19NO2/c1-13(2,3)12-10(15-4)7-14-8-11(12)16-9-5-6-9/h7-9H,5-6H2,1-4H3. The summed E-state index contributed by atoms with van der Waals surface area (Å²) in [5.41, 5.74) is 1.11. The fourth-order valence-electron chi connectivity index (χ4n) is 1.77. The SMILES string of the molecule is COc1cncc(OC2CC2)c1C(C)(C)C. The zero-order chi connectivity index (χ0) is 11.8. The van der Waals surface area contributed by atoms with E-state index in [2.05, 4.69) is 25.8 Å². The zero-order valence-corrected chi connectivity index (χ0v) is 10.4. The molecule has 1 fully saturated rings. The lowest BCUT2D eigenvalue weighted by Crippen LogP contribution is -2.16. The van der Waals surface area contributed by atoms with Gasteiger partial charge in [0.2, 0.25) is 0 Å². The van der Waals surface area contributed by atoms with Crippen LogP contribution in [0.1, 0.15) is 39.2 Å². The molecule has 3 nitrogen and oxygen atoms in total. The number of methoxy groups -OCH3 is 1. The van der Waals surface area contributed by atoms with E-state index in [1.54, 1.807) is 19.5 Å². The summed E-state index contributed by atoms with van der Waals surface area (Å²) >= 11 is 0. The summed E-state index contributed by atoms with van der Waals surface area (Å²) in [6.07, 6.45) is 6.23. The van der Waals surface area contributed by atoms with Gasteiger partial charge in [-0.2, -0.15) is 0 Å². The van der Waals surface area contributed by atoms with Crippen molar-refractivity contribution in [3.63, 3.8) is 0 Å². The highest BCUT2D eigenvalue weighted by molar-refractivity contribution is 5.46. The van der Waals surface area contributed by atoms with Crippen LogP contribution in [-0.4, -0.2) is 18.2 Å². The van der Waals surface area contributed by atoms with Crippen molar-refractivity contribution in [2.24, 2.45) is 0 Å². The van der Waals surface area contributed by atoms with Gasteiger partial charge < -0.3 is 9.47 Å². The molecule has 0 unspecified atom stereocenters. The molecule has 2 rings (SSSR count). The maximum atomic E-state index is 5.88. The van der Waals surface area contributed by atoms with E-state index in [0.29, 0.717) is 6.10 Å². The molecule has 1 aromatic rings. The van der Waals surface area contributed by atoms with Crippen molar-refractivity contribution in [2.75, 3.05) is 7.11 Å². The Hall–Kier alpha value is -1.25. The van der Waals surface area contributed by atoms with E-state index in [1.165, 1.54) is 0 Å². The lowest BCUT2D eigenvalue weighted by atomic mass is 9.86. The molecular formula is C13H19NO2. The first-order valence-electron chi connectivity index (χ1n) is 5.71. The quantitative estimate of drug-likeness (QED) is 0.786. The van der Waals surface area contributed by atoms with Gasteiger partial charge in [0.05, 0.1) is 25.6 Å². The number of hydrogen-bond donors (Lipinski definition) is 0. The largest absolute Gasteiger partial charge is 0.495 e. The van der Waals surface area contributed by atoms with Gasteiger partial charge in [0, 0.05) is 5.56 Å². The van der Waals surface area contributed by atoms with Crippen LogP contribution in [0.5, 0.6) is 11.5 Å². The molecule has 0 aliphatic heterocycles. The van der Waals surface area contributed by atoms with E-state index in [4.69, 9.17) is 9.47 Å². The number of hydrogen-bond acceptors (Lipinski definition) is 3. The minimum Gasteiger partial charge on any atom is -0.495 e. The molecule has 0 atom stereocenters. The smallest absolute Gasteiger partial charge is 0.145 e. The molecule has 1 aliphatic carbocycles. The Bertz CT molecular complexity index is 378. The molecule has 3 heteroatoms. The first-order chi connectivity index (χ1) is 7.52. The van der Waals surface area contributed by atoms with Gasteiger partial charge in [0.25, 0.3) is 0 Å². The zero-order valence-electron chi connectivity index (χ0n) is 10.4. The molecule has 1 saturated carbocycles. The Kier molecular flexibility index (Phi) is 2.78. The molecule has 1 heterocycles. The Morgan fingerprint density at radius 1 is 1.19 bits per heavy atom. The number of ether oxygens (including phenoxy) is 2. The molecule has 0 N–H and O–H groups in total. The van der Waals surface area contributed by atoms with Gasteiger partial charge >= 0.3 is 0 Å². The molecule has 88 valence electrons. The second-order valence-electron chi connectivity index (χ2n) is 5.28. The second-order valence-corrected chi connectivity index (χ2v) is 5.28. The normalized spacial score (nSPS) is 16.0. The van der Waals surface area contributed by atoms with Crippen molar-refractivity contribution < 1.29 is 9.47 Å². The van der Waals surface area contributed by atoms with Crippen LogP contribution in [0.2, 0.25) is 0 Å². The van der Waals surface area contributed by atoms with E-state index >= 15 is 0 Å². The van der Waals surface area contributed by atoms with Crippen molar-refractivity contribution in [2.45, 2.75) is 45.1 Å². The maximum absolute atomic E-state index is 5.88. The Balaban J connectivity index is 2.41. The Morgan fingerprint density at radius 2 is 1.81 bits per heavy atom. The van der Waals surface area contributed by atoms with E-state index in [9.17, 15) is 0 Å². The molecule has 0 saturated heterocycles. The van der Waals surface area contributed by atoms with Crippen molar-refractivity contribution in [3.05, 3.63) is 18.0 Å². The summed E-state index contributed by atoms with van der Waals surface area (Å²) in [6.45, 7) is 6.47. The monoisotopic (exact) mass is 221 g/mol. The highest BCUT2D eigenvalue weighted by Gasteiger charge is 2.29. The van der Waals surface area contributed by atoms with Crippen LogP contribution in [0.4, 0.5) is 0 Å². The Labute approximate surface area is 96.8 Å². The highest BCUT2D eigenvalue weighted by atomic mass is 16.5. The first kappa shape index (κ1) is 11.2. The Morgan fingerprint density at radius 3 is 2.31 bits per heavy atom. The molecule has 0 amide bonds. The third kappa shape index (κ3) is 2.29. The molecule has 1 aromatic heterocycles. The van der Waals surface area contributed by atoms with Gasteiger partial charge in [-0.15, -0.1) is 0 Å². The summed E-state index contributed by atoms with van der Waals surface area (Å²) in [7, 11) is 1.67. The molecule has 0 aromatic carbocycles. The van der Waals surface area contributed by atoms with Gasteiger partial charge in [0.1, 0.15) is 11.5 Å². The number of pyridine rings is 1. The van der Waals surface area contributed by atoms with Crippen LogP contribution in [0.3, 0.4) is 0 Å². The van der Waals surface area contributed by atoms with E-state index < -0.39 is 0 Å². The summed E-state index contributed by atoms with van der Waals surface area (Å²) in [6, 6.07) is 0. The van der Waals surface area contributed by atoms with E-state index in [-0.39, 0.29) is 5.41 Å². The minimum atomic E-state index is -0.00148. The predicted molar refractivity (Wildman–Crippen MR) is 63.1 cm³/mol. The van der Waals surface area contributed by atoms with Gasteiger partial charge in [-0.05, 0) is 18.3 Å². The highest BCUT2D eigenvalue weighted by Crippen LogP contribution is 2.40. The first-order valence-corrected chi connectivity index (χ1v) is 5.71. The molecular weight excluding hydrogens is 202 g/mol. The predicted octanol–water partition coefficient (Wildman–Crippen LogP) is 2.93. The fourth-order valence-corrected chi connectivity index (χ4v) is 1.77. The van der Waals surface area contributed by atoms with Crippen LogP contribution in [0, 0.1) is 0 Å². The fraction of sp³-hybridized carbons (Fsp3) is 0.615. The van der Waals surface area contributed by atoms with Crippen LogP contribution in [0.15, 0.2) is 12.4 Å². The average Bonchev–Trinajstić information content (AvgIpc) is 2.99. The summed E-state index contributed by atoms with van der Waals surface area (Å²) in [5.74, 6) is 1.68. The van der Waals surface area contributed by atoms with E-state index in [0.717, 1.165) is 29.9 Å². The minimum absolute atomic E-state index is 0.00148. The van der Waals surface area contributed by atoms with Gasteiger partial charge in [0.15, 0.2) is 0 Å². The summed E-state index contributed by atoms with van der Waals surface area (Å²) < 4.78 is 11.3. The van der Waals surface area contributed by atoms with Crippen molar-refractivity contribution in [1.29, 1.82) is 0 Å². The number of rotatable bonds is 3. The van der Waals surface area contributed by atoms with Gasteiger partial charge in [-0.1, -0.05) is 20.8 Å². The second kappa shape index (κ2) is 3.96. The lowest BCUT2D eigenvalue weighted by molar-refractivity contribution is 0.288. The molecule has 1 aliphatic rings. The van der Waals surface area contributed by atoms with Crippen molar-refractivity contribution in [3.8, 4) is 11.5 Å². The van der Waals surface area contributed by atoms with Crippen LogP contribution in [-0.2, 0) is 5.41 Å². The molecule has 0 spiro atoms. The maximum Gasteiger partial charge on any atom is 0.145 e. The van der Waals surface area contributed by atoms with Crippen molar-refractivity contribution in [1.82, 2.24) is 4.98 Å². The van der Waals surface area contributed by atoms with Crippen LogP contribution >= 0.6 is 0 Å². The van der Waals surface area contributed by atoms with Gasteiger partial charge in [-0.25, -0.2) is 0 Å². The van der Waals surface area contributed by atoms with E-state index in [1.807, 2.05) is 0 Å². The van der Waals surface area contributed by atoms with Crippen LogP contribution < -0.4 is 9.47 Å². The molecule has 0 bridgehead atoms. The summed E-state index contributed by atoms with van der Waals surface area (Å²) in [4.78, 5) is 4.16. The average molecular weight is 221 g/mol. The molecule has 0 radical (unpaired) electrons. The summed E-state index contributed by atoms with van der Waals surface area (Å²) in [5, 5.41) is 0. The van der Waals surface area contributed by atoms with Gasteiger partial charge in [-0.3, -0.25) is 4.98 Å². The number of nitrogens with zero attached hydrogens (tertiary/aromatic N) is 1. The molecule has 16 heavy (non-hydrogen) atoms. The third-order valence-electron chi connectivity index (χ3n) is 2.66.